The van der Waals surface area contributed by atoms with Crippen molar-refractivity contribution in [1.29, 1.82) is 0 Å². The molecule has 0 unspecified atom stereocenters. The topological polar surface area (TPSA) is 40.6 Å². The number of hydrogen-bond donors (Lipinski definition) is 0. The second-order valence-corrected chi connectivity index (χ2v) is 9.01. The van der Waals surface area contributed by atoms with Crippen LogP contribution in [-0.2, 0) is 9.59 Å². The van der Waals surface area contributed by atoms with E-state index in [0.29, 0.717) is 21.3 Å². The summed E-state index contributed by atoms with van der Waals surface area (Å²) in [5.74, 6) is -0.138. The largest absolute Gasteiger partial charge is 0.308 e. The van der Waals surface area contributed by atoms with Crippen LogP contribution in [0.3, 0.4) is 0 Å². The van der Waals surface area contributed by atoms with Crippen molar-refractivity contribution in [1.82, 2.24) is 4.90 Å². The molecule has 1 saturated carbocycles. The second-order valence-electron chi connectivity index (χ2n) is 7.37. The molecule has 0 spiro atoms. The molecule has 6 heteroatoms. The van der Waals surface area contributed by atoms with E-state index >= 15 is 0 Å². The highest BCUT2D eigenvalue weighted by atomic mass is 32.2. The summed E-state index contributed by atoms with van der Waals surface area (Å²) in [6, 6.07) is 7.98. The van der Waals surface area contributed by atoms with Crippen molar-refractivity contribution in [3.05, 3.63) is 34.7 Å². The van der Waals surface area contributed by atoms with Gasteiger partial charge in [0.25, 0.3) is 11.8 Å². The Kier molecular flexibility index (Phi) is 5.37. The number of rotatable bonds is 4. The predicted octanol–water partition coefficient (Wildman–Crippen LogP) is 4.74. The number of carbonyl (C=O) groups is 2. The molecule has 3 aliphatic rings. The Morgan fingerprint density at radius 3 is 2.59 bits per heavy atom. The van der Waals surface area contributed by atoms with Crippen molar-refractivity contribution >= 4 is 51.4 Å². The monoisotopic (exact) mass is 400 g/mol. The van der Waals surface area contributed by atoms with Crippen molar-refractivity contribution in [2.45, 2.75) is 57.9 Å². The maximum absolute atomic E-state index is 13.3. The summed E-state index contributed by atoms with van der Waals surface area (Å²) in [6.07, 6.45) is 7.47. The van der Waals surface area contributed by atoms with Crippen LogP contribution in [0.2, 0.25) is 0 Å². The minimum Gasteiger partial charge on any atom is -0.308 e. The lowest BCUT2D eigenvalue weighted by molar-refractivity contribution is -0.124. The van der Waals surface area contributed by atoms with Gasteiger partial charge in [0.2, 0.25) is 0 Å². The van der Waals surface area contributed by atoms with Crippen LogP contribution in [0.25, 0.3) is 5.57 Å². The molecule has 2 aliphatic heterocycles. The molecule has 1 saturated heterocycles. The molecule has 0 bridgehead atoms. The second kappa shape index (κ2) is 7.76. The van der Waals surface area contributed by atoms with E-state index in [1.165, 1.54) is 18.2 Å². The number of carbonyl (C=O) groups excluding carboxylic acids is 2. The predicted molar refractivity (Wildman–Crippen MR) is 115 cm³/mol. The zero-order valence-electron chi connectivity index (χ0n) is 15.6. The fourth-order valence-corrected chi connectivity index (χ4v) is 5.69. The van der Waals surface area contributed by atoms with Crippen LogP contribution in [0, 0.1) is 0 Å². The molecule has 1 aromatic carbocycles. The zero-order valence-corrected chi connectivity index (χ0v) is 17.2. The first kappa shape index (κ1) is 18.7. The van der Waals surface area contributed by atoms with Crippen LogP contribution in [0.4, 0.5) is 5.69 Å². The number of nitrogens with zero attached hydrogens (tertiary/aromatic N) is 2. The Hall–Kier alpha value is -1.66. The van der Waals surface area contributed by atoms with Gasteiger partial charge in [-0.15, -0.1) is 0 Å². The molecule has 0 aromatic heterocycles. The van der Waals surface area contributed by atoms with Gasteiger partial charge in [-0.25, -0.2) is 0 Å². The van der Waals surface area contributed by atoms with Crippen LogP contribution >= 0.6 is 24.0 Å². The number of thiocarbonyl (C=S) groups is 1. The third-order valence-electron chi connectivity index (χ3n) is 5.62. The van der Waals surface area contributed by atoms with Gasteiger partial charge in [-0.05, 0) is 25.3 Å². The summed E-state index contributed by atoms with van der Waals surface area (Å²) < 4.78 is 0.603. The van der Waals surface area contributed by atoms with Crippen molar-refractivity contribution < 1.29 is 9.59 Å². The summed E-state index contributed by atoms with van der Waals surface area (Å²) in [6.45, 7) is 2.79. The number of amides is 2. The average Bonchev–Trinajstić information content (AvgIpc) is 3.13. The molecule has 0 N–H and O–H groups in total. The fourth-order valence-electron chi connectivity index (χ4n) is 4.22. The van der Waals surface area contributed by atoms with E-state index < -0.39 is 0 Å². The van der Waals surface area contributed by atoms with E-state index in [-0.39, 0.29) is 17.9 Å². The summed E-state index contributed by atoms with van der Waals surface area (Å²) in [4.78, 5) is 30.6. The fraction of sp³-hybridized carbons (Fsp3) is 0.476. The lowest BCUT2D eigenvalue weighted by atomic mass is 9.94. The zero-order chi connectivity index (χ0) is 19.0. The van der Waals surface area contributed by atoms with Gasteiger partial charge in [-0.3, -0.25) is 14.5 Å². The number of fused-ring (bicyclic) bond motifs is 1. The van der Waals surface area contributed by atoms with Gasteiger partial charge in [-0.1, -0.05) is 74.8 Å². The summed E-state index contributed by atoms with van der Waals surface area (Å²) in [7, 11) is 0. The smallest absolute Gasteiger partial charge is 0.267 e. The number of unbranched alkanes of at least 4 members (excludes halogenated alkanes) is 1. The number of para-hydroxylation sites is 1. The molecule has 27 heavy (non-hydrogen) atoms. The van der Waals surface area contributed by atoms with E-state index in [2.05, 4.69) is 6.92 Å². The van der Waals surface area contributed by atoms with Gasteiger partial charge >= 0.3 is 0 Å². The Morgan fingerprint density at radius 2 is 1.85 bits per heavy atom. The maximum Gasteiger partial charge on any atom is 0.267 e. The normalized spacial score (nSPS) is 23.5. The lowest BCUT2D eigenvalue weighted by Crippen LogP contribution is -2.40. The molecule has 0 radical (unpaired) electrons. The summed E-state index contributed by atoms with van der Waals surface area (Å²) >= 11 is 6.86. The molecule has 2 fully saturated rings. The Bertz CT molecular complexity index is 827. The van der Waals surface area contributed by atoms with Crippen LogP contribution in [0.1, 0.15) is 57.4 Å². The van der Waals surface area contributed by atoms with Crippen molar-refractivity contribution in [3.63, 3.8) is 0 Å². The first-order valence-electron chi connectivity index (χ1n) is 9.84. The van der Waals surface area contributed by atoms with Crippen LogP contribution in [0.5, 0.6) is 0 Å². The molecule has 4 nitrogen and oxygen atoms in total. The highest BCUT2D eigenvalue weighted by Crippen LogP contribution is 2.45. The van der Waals surface area contributed by atoms with E-state index in [9.17, 15) is 9.59 Å². The van der Waals surface area contributed by atoms with E-state index in [4.69, 9.17) is 12.2 Å². The average molecular weight is 401 g/mol. The Morgan fingerprint density at radius 1 is 1.11 bits per heavy atom. The van der Waals surface area contributed by atoms with E-state index in [0.717, 1.165) is 49.8 Å². The molecular weight excluding hydrogens is 376 g/mol. The molecule has 2 heterocycles. The van der Waals surface area contributed by atoms with Gasteiger partial charge in [0.1, 0.15) is 4.32 Å². The summed E-state index contributed by atoms with van der Waals surface area (Å²) in [5, 5.41) is 0. The van der Waals surface area contributed by atoms with Crippen molar-refractivity contribution in [2.75, 3.05) is 11.4 Å². The first-order valence-corrected chi connectivity index (χ1v) is 11.1. The Balaban J connectivity index is 1.73. The SMILES string of the molecule is CCCCN1C(=O)/C(=C2\SC(=S)N(C3CCCCC3)C2=O)c2ccccc21. The number of hydrogen-bond acceptors (Lipinski definition) is 4. The summed E-state index contributed by atoms with van der Waals surface area (Å²) in [5.41, 5.74) is 2.31. The molecule has 142 valence electrons. The highest BCUT2D eigenvalue weighted by molar-refractivity contribution is 8.26. The van der Waals surface area contributed by atoms with Crippen LogP contribution in [0.15, 0.2) is 29.2 Å². The number of benzene rings is 1. The lowest BCUT2D eigenvalue weighted by Gasteiger charge is -2.29. The van der Waals surface area contributed by atoms with Gasteiger partial charge in [0, 0.05) is 18.2 Å². The van der Waals surface area contributed by atoms with Crippen molar-refractivity contribution in [2.24, 2.45) is 0 Å². The number of thioether (sulfide) groups is 1. The van der Waals surface area contributed by atoms with Gasteiger partial charge < -0.3 is 4.90 Å². The van der Waals surface area contributed by atoms with Gasteiger partial charge in [-0.2, -0.15) is 0 Å². The van der Waals surface area contributed by atoms with E-state index in [1.54, 1.807) is 4.90 Å². The van der Waals surface area contributed by atoms with Gasteiger partial charge in [0.05, 0.1) is 16.2 Å². The first-order chi connectivity index (χ1) is 13.1. The Labute approximate surface area is 170 Å². The molecule has 0 atom stereocenters. The van der Waals surface area contributed by atoms with Crippen LogP contribution < -0.4 is 4.90 Å². The molecule has 1 aliphatic carbocycles. The third kappa shape index (κ3) is 3.23. The highest BCUT2D eigenvalue weighted by Gasteiger charge is 2.43. The van der Waals surface area contributed by atoms with Crippen LogP contribution in [-0.4, -0.2) is 33.6 Å². The maximum atomic E-state index is 13.3. The minimum atomic E-state index is -0.0765. The molecule has 1 aromatic rings. The van der Waals surface area contributed by atoms with E-state index in [1.807, 2.05) is 29.2 Å². The molecule has 2 amide bonds. The van der Waals surface area contributed by atoms with Crippen molar-refractivity contribution in [3.8, 4) is 0 Å². The third-order valence-corrected chi connectivity index (χ3v) is 7.03. The quantitative estimate of drug-likeness (QED) is 0.541. The number of anilines is 1. The van der Waals surface area contributed by atoms with Gasteiger partial charge in [0.15, 0.2) is 0 Å². The molecule has 4 rings (SSSR count). The molecular formula is C21H24N2O2S2. The standard InChI is InChI=1S/C21H24N2O2S2/c1-2-3-13-22-16-12-8-7-11-15(16)17(19(22)24)18-20(25)23(21(26)27-18)14-9-5-4-6-10-14/h7-8,11-12,14H,2-6,9-10,13H2,1H3/b18-17-. The minimum absolute atomic E-state index is 0.0613.